The Labute approximate surface area is 63.1 Å². The van der Waals surface area contributed by atoms with Crippen molar-refractivity contribution in [3.63, 3.8) is 0 Å². The van der Waals surface area contributed by atoms with E-state index in [9.17, 15) is 26.3 Å². The molecular formula is C4H4F6O2. The van der Waals surface area contributed by atoms with E-state index >= 15 is 0 Å². The first-order valence-electron chi connectivity index (χ1n) is 2.53. The van der Waals surface area contributed by atoms with Crippen molar-refractivity contribution < 1.29 is 35.8 Å². The van der Waals surface area contributed by atoms with Crippen molar-refractivity contribution in [1.29, 1.82) is 0 Å². The van der Waals surface area contributed by atoms with Crippen LogP contribution in [0.4, 0.5) is 26.3 Å². The largest absolute Gasteiger partial charge is 0.450 e. The standard InChI is InChI=1S/C4H4F6O2/c5-1-11-3(7,8)4(9,10)12-2-6/h1-2H2. The molecule has 0 radical (unpaired) electrons. The number of halogens is 6. The van der Waals surface area contributed by atoms with Crippen molar-refractivity contribution >= 4 is 0 Å². The van der Waals surface area contributed by atoms with E-state index in [2.05, 4.69) is 9.47 Å². The average Bonchev–Trinajstić information content (AvgIpc) is 1.86. The van der Waals surface area contributed by atoms with Gasteiger partial charge >= 0.3 is 12.2 Å². The molecule has 74 valence electrons. The molecule has 0 atom stereocenters. The molecule has 0 amide bonds. The molecule has 0 bridgehead atoms. The van der Waals surface area contributed by atoms with Crippen LogP contribution in [0.15, 0.2) is 0 Å². The molecule has 0 spiro atoms. The van der Waals surface area contributed by atoms with Crippen molar-refractivity contribution in [3.05, 3.63) is 0 Å². The predicted octanol–water partition coefficient (Wildman–Crippen LogP) is 2.06. The molecule has 0 aromatic rings. The minimum atomic E-state index is -5.17. The van der Waals surface area contributed by atoms with Crippen LogP contribution in [0.3, 0.4) is 0 Å². The van der Waals surface area contributed by atoms with Gasteiger partial charge in [-0.3, -0.25) is 9.47 Å². The first-order chi connectivity index (χ1) is 5.37. The van der Waals surface area contributed by atoms with Crippen LogP contribution < -0.4 is 0 Å². The summed E-state index contributed by atoms with van der Waals surface area (Å²) in [4.78, 5) is 0. The van der Waals surface area contributed by atoms with Crippen LogP contribution in [-0.4, -0.2) is 25.9 Å². The fourth-order valence-electron chi connectivity index (χ4n) is 0.305. The second-order valence-electron chi connectivity index (χ2n) is 1.54. The quantitative estimate of drug-likeness (QED) is 0.629. The second-order valence-corrected chi connectivity index (χ2v) is 1.54. The summed E-state index contributed by atoms with van der Waals surface area (Å²) in [5.41, 5.74) is 0. The molecule has 0 aliphatic carbocycles. The lowest BCUT2D eigenvalue weighted by Crippen LogP contribution is -2.44. The third kappa shape index (κ3) is 2.52. The van der Waals surface area contributed by atoms with E-state index in [1.165, 1.54) is 0 Å². The summed E-state index contributed by atoms with van der Waals surface area (Å²) >= 11 is 0. The van der Waals surface area contributed by atoms with Crippen LogP contribution in [0.1, 0.15) is 0 Å². The van der Waals surface area contributed by atoms with Crippen molar-refractivity contribution in [2.45, 2.75) is 12.2 Å². The Bertz CT molecular complexity index is 122. The predicted molar refractivity (Wildman–Crippen MR) is 24.0 cm³/mol. The topological polar surface area (TPSA) is 18.5 Å². The normalized spacial score (nSPS) is 13.5. The van der Waals surface area contributed by atoms with Gasteiger partial charge in [-0.05, 0) is 0 Å². The van der Waals surface area contributed by atoms with Crippen molar-refractivity contribution in [2.24, 2.45) is 0 Å². The Morgan fingerprint density at radius 3 is 1.17 bits per heavy atom. The van der Waals surface area contributed by atoms with E-state index in [1.807, 2.05) is 0 Å². The third-order valence-electron chi connectivity index (χ3n) is 0.810. The zero-order valence-corrected chi connectivity index (χ0v) is 5.50. The van der Waals surface area contributed by atoms with Crippen LogP contribution >= 0.6 is 0 Å². The number of hydrogen-bond donors (Lipinski definition) is 0. The maximum atomic E-state index is 11.9. The van der Waals surface area contributed by atoms with Crippen LogP contribution in [0.5, 0.6) is 0 Å². The molecule has 0 fully saturated rings. The molecule has 0 unspecified atom stereocenters. The number of ether oxygens (including phenoxy) is 2. The molecule has 0 N–H and O–H groups in total. The van der Waals surface area contributed by atoms with Crippen LogP contribution in [0, 0.1) is 0 Å². The summed E-state index contributed by atoms with van der Waals surface area (Å²) in [5.74, 6) is 0. The highest BCUT2D eigenvalue weighted by molar-refractivity contribution is 4.64. The Kier molecular flexibility index (Phi) is 3.78. The molecule has 12 heavy (non-hydrogen) atoms. The van der Waals surface area contributed by atoms with Gasteiger partial charge in [0.25, 0.3) is 0 Å². The van der Waals surface area contributed by atoms with E-state index in [-0.39, 0.29) is 0 Å². The summed E-state index contributed by atoms with van der Waals surface area (Å²) in [6.45, 7) is -4.25. The lowest BCUT2D eigenvalue weighted by atomic mass is 10.6. The Hall–Kier alpha value is -0.500. The van der Waals surface area contributed by atoms with E-state index in [0.29, 0.717) is 0 Å². The summed E-state index contributed by atoms with van der Waals surface area (Å²) in [6, 6.07) is 0. The number of alkyl halides is 6. The fraction of sp³-hybridized carbons (Fsp3) is 1.00. The maximum Gasteiger partial charge on any atom is 0.450 e. The zero-order valence-electron chi connectivity index (χ0n) is 5.50. The lowest BCUT2D eigenvalue weighted by molar-refractivity contribution is -0.440. The maximum absolute atomic E-state index is 11.9. The Balaban J connectivity index is 4.28. The van der Waals surface area contributed by atoms with Crippen LogP contribution in [0.25, 0.3) is 0 Å². The van der Waals surface area contributed by atoms with Crippen LogP contribution in [-0.2, 0) is 9.47 Å². The molecule has 0 saturated carbocycles. The fourth-order valence-corrected chi connectivity index (χ4v) is 0.305. The number of rotatable bonds is 5. The van der Waals surface area contributed by atoms with Gasteiger partial charge in [0.1, 0.15) is 0 Å². The molecular weight excluding hydrogens is 194 g/mol. The molecule has 0 aromatic heterocycles. The lowest BCUT2D eigenvalue weighted by Gasteiger charge is -2.22. The highest BCUT2D eigenvalue weighted by Crippen LogP contribution is 2.36. The van der Waals surface area contributed by atoms with E-state index in [4.69, 9.17) is 0 Å². The monoisotopic (exact) mass is 198 g/mol. The summed E-state index contributed by atoms with van der Waals surface area (Å²) < 4.78 is 75.1. The second kappa shape index (κ2) is 3.94. The van der Waals surface area contributed by atoms with Gasteiger partial charge in [-0.2, -0.15) is 17.6 Å². The van der Waals surface area contributed by atoms with Gasteiger partial charge < -0.3 is 0 Å². The molecule has 0 saturated heterocycles. The summed E-state index contributed by atoms with van der Waals surface area (Å²) in [7, 11) is 0. The molecule has 0 heterocycles. The first-order valence-corrected chi connectivity index (χ1v) is 2.53. The van der Waals surface area contributed by atoms with Crippen LogP contribution in [0.2, 0.25) is 0 Å². The van der Waals surface area contributed by atoms with Gasteiger partial charge in [-0.25, -0.2) is 8.78 Å². The highest BCUT2D eigenvalue weighted by Gasteiger charge is 2.60. The minimum absolute atomic E-state index is 2.13. The summed E-state index contributed by atoms with van der Waals surface area (Å²) in [6.07, 6.45) is -10.3. The Morgan fingerprint density at radius 1 is 0.750 bits per heavy atom. The molecule has 2 nitrogen and oxygen atoms in total. The van der Waals surface area contributed by atoms with Gasteiger partial charge in [0.05, 0.1) is 0 Å². The minimum Gasteiger partial charge on any atom is -0.281 e. The smallest absolute Gasteiger partial charge is 0.281 e. The SMILES string of the molecule is FCOC(F)(F)C(F)(F)OCF. The number of hydrogen-bond acceptors (Lipinski definition) is 2. The highest BCUT2D eigenvalue weighted by atomic mass is 19.3. The average molecular weight is 198 g/mol. The molecule has 0 rings (SSSR count). The molecule has 0 aliphatic rings. The van der Waals surface area contributed by atoms with Gasteiger partial charge in [0.15, 0.2) is 13.7 Å². The molecule has 0 aliphatic heterocycles. The third-order valence-corrected chi connectivity index (χ3v) is 0.810. The van der Waals surface area contributed by atoms with E-state index in [0.717, 1.165) is 0 Å². The van der Waals surface area contributed by atoms with Crippen molar-refractivity contribution in [3.8, 4) is 0 Å². The van der Waals surface area contributed by atoms with E-state index < -0.39 is 25.9 Å². The molecule has 8 heteroatoms. The van der Waals surface area contributed by atoms with Gasteiger partial charge in [-0.1, -0.05) is 0 Å². The molecule has 0 aromatic carbocycles. The Morgan fingerprint density at radius 2 is 1.00 bits per heavy atom. The van der Waals surface area contributed by atoms with E-state index in [1.54, 1.807) is 0 Å². The summed E-state index contributed by atoms with van der Waals surface area (Å²) in [5, 5.41) is 0. The first kappa shape index (κ1) is 11.5. The van der Waals surface area contributed by atoms with Gasteiger partial charge in [-0.15, -0.1) is 0 Å². The zero-order chi connectivity index (χ0) is 9.83. The van der Waals surface area contributed by atoms with Gasteiger partial charge in [0, 0.05) is 0 Å². The van der Waals surface area contributed by atoms with Crippen molar-refractivity contribution in [2.75, 3.05) is 13.7 Å². The van der Waals surface area contributed by atoms with Gasteiger partial charge in [0.2, 0.25) is 0 Å². The van der Waals surface area contributed by atoms with Crippen molar-refractivity contribution in [1.82, 2.24) is 0 Å².